The van der Waals surface area contributed by atoms with Gasteiger partial charge in [0.1, 0.15) is 5.78 Å². The third-order valence-electron chi connectivity index (χ3n) is 1.08. The molecule has 1 rings (SSSR count). The summed E-state index contributed by atoms with van der Waals surface area (Å²) in [6.45, 7) is 1.97. The summed E-state index contributed by atoms with van der Waals surface area (Å²) >= 11 is 4.91. The SMILES string of the molecule is CC(=O)CNc1cc(Br)cs1. The first kappa shape index (κ1) is 8.74. The molecule has 11 heavy (non-hydrogen) atoms. The van der Waals surface area contributed by atoms with Crippen molar-refractivity contribution in [3.63, 3.8) is 0 Å². The number of halogens is 1. The Morgan fingerprint density at radius 3 is 3.00 bits per heavy atom. The van der Waals surface area contributed by atoms with Gasteiger partial charge in [-0.3, -0.25) is 4.79 Å². The van der Waals surface area contributed by atoms with Gasteiger partial charge in [0.2, 0.25) is 0 Å². The number of nitrogens with one attached hydrogen (secondary N) is 1. The van der Waals surface area contributed by atoms with Gasteiger partial charge in [0, 0.05) is 9.85 Å². The van der Waals surface area contributed by atoms with Crippen LogP contribution in [0.4, 0.5) is 5.00 Å². The van der Waals surface area contributed by atoms with Crippen molar-refractivity contribution >= 4 is 38.1 Å². The summed E-state index contributed by atoms with van der Waals surface area (Å²) in [4.78, 5) is 10.6. The molecule has 0 aliphatic rings. The van der Waals surface area contributed by atoms with E-state index in [4.69, 9.17) is 0 Å². The first-order chi connectivity index (χ1) is 5.18. The Kier molecular flexibility index (Phi) is 3.08. The monoisotopic (exact) mass is 233 g/mol. The van der Waals surface area contributed by atoms with Crippen LogP contribution in [0.5, 0.6) is 0 Å². The Bertz CT molecular complexity index is 259. The second kappa shape index (κ2) is 3.88. The van der Waals surface area contributed by atoms with Gasteiger partial charge in [-0.15, -0.1) is 11.3 Å². The van der Waals surface area contributed by atoms with E-state index in [0.29, 0.717) is 6.54 Å². The maximum absolute atomic E-state index is 10.6. The van der Waals surface area contributed by atoms with Crippen LogP contribution >= 0.6 is 27.3 Å². The third kappa shape index (κ3) is 3.03. The first-order valence-electron chi connectivity index (χ1n) is 3.16. The lowest BCUT2D eigenvalue weighted by Crippen LogP contribution is -2.08. The Hall–Kier alpha value is -0.350. The number of carbonyl (C=O) groups is 1. The highest BCUT2D eigenvalue weighted by molar-refractivity contribution is 9.10. The molecule has 0 radical (unpaired) electrons. The summed E-state index contributed by atoms with van der Waals surface area (Å²) in [5.41, 5.74) is 0. The van der Waals surface area contributed by atoms with Gasteiger partial charge in [0.15, 0.2) is 0 Å². The predicted molar refractivity (Wildman–Crippen MR) is 51.2 cm³/mol. The highest BCUT2D eigenvalue weighted by Crippen LogP contribution is 2.23. The summed E-state index contributed by atoms with van der Waals surface area (Å²) in [6, 6.07) is 1.95. The molecule has 2 nitrogen and oxygen atoms in total. The van der Waals surface area contributed by atoms with Crippen LogP contribution in [0.3, 0.4) is 0 Å². The van der Waals surface area contributed by atoms with E-state index < -0.39 is 0 Å². The molecule has 0 aliphatic carbocycles. The van der Waals surface area contributed by atoms with E-state index in [1.54, 1.807) is 18.3 Å². The maximum Gasteiger partial charge on any atom is 0.148 e. The highest BCUT2D eigenvalue weighted by atomic mass is 79.9. The highest BCUT2D eigenvalue weighted by Gasteiger charge is 1.96. The smallest absolute Gasteiger partial charge is 0.148 e. The Morgan fingerprint density at radius 1 is 1.82 bits per heavy atom. The van der Waals surface area contributed by atoms with Crippen LogP contribution in [0.2, 0.25) is 0 Å². The van der Waals surface area contributed by atoms with E-state index in [9.17, 15) is 4.79 Å². The van der Waals surface area contributed by atoms with Crippen molar-refractivity contribution in [3.05, 3.63) is 15.9 Å². The van der Waals surface area contributed by atoms with Crippen molar-refractivity contribution < 1.29 is 4.79 Å². The van der Waals surface area contributed by atoms with E-state index in [2.05, 4.69) is 21.2 Å². The minimum atomic E-state index is 0.148. The Labute approximate surface area is 77.7 Å². The number of thiophene rings is 1. The average Bonchev–Trinajstić information content (AvgIpc) is 2.31. The fourth-order valence-electron chi connectivity index (χ4n) is 0.617. The third-order valence-corrected chi connectivity index (χ3v) is 2.73. The van der Waals surface area contributed by atoms with Crippen LogP contribution < -0.4 is 5.32 Å². The second-order valence-corrected chi connectivity index (χ2v) is 4.01. The number of hydrogen-bond donors (Lipinski definition) is 1. The molecule has 0 saturated heterocycles. The minimum absolute atomic E-state index is 0.148. The topological polar surface area (TPSA) is 29.1 Å². The summed E-state index contributed by atoms with van der Waals surface area (Å²) in [6.07, 6.45) is 0. The molecule has 0 aliphatic heterocycles. The van der Waals surface area contributed by atoms with Crippen molar-refractivity contribution in [2.45, 2.75) is 6.92 Å². The molecule has 0 amide bonds. The zero-order valence-electron chi connectivity index (χ0n) is 6.06. The standard InChI is InChI=1S/C7H8BrNOS/c1-5(10)3-9-7-2-6(8)4-11-7/h2,4,9H,3H2,1H3. The van der Waals surface area contributed by atoms with Gasteiger partial charge >= 0.3 is 0 Å². The molecule has 0 atom stereocenters. The lowest BCUT2D eigenvalue weighted by Gasteiger charge is -1.96. The van der Waals surface area contributed by atoms with Gasteiger partial charge in [0.25, 0.3) is 0 Å². The lowest BCUT2D eigenvalue weighted by atomic mass is 10.4. The molecule has 4 heteroatoms. The molecule has 0 saturated carbocycles. The quantitative estimate of drug-likeness (QED) is 0.870. The van der Waals surface area contributed by atoms with Crippen LogP contribution in [0.1, 0.15) is 6.92 Å². The van der Waals surface area contributed by atoms with Crippen LogP contribution in [0.15, 0.2) is 15.9 Å². The molecule has 1 aromatic rings. The second-order valence-electron chi connectivity index (χ2n) is 2.18. The summed E-state index contributed by atoms with van der Waals surface area (Å²) in [5, 5.41) is 6.00. The van der Waals surface area contributed by atoms with E-state index in [1.165, 1.54) is 0 Å². The maximum atomic E-state index is 10.6. The van der Waals surface area contributed by atoms with Crippen molar-refractivity contribution in [2.24, 2.45) is 0 Å². The van der Waals surface area contributed by atoms with Crippen molar-refractivity contribution in [1.82, 2.24) is 0 Å². The van der Waals surface area contributed by atoms with E-state index >= 15 is 0 Å². The zero-order valence-corrected chi connectivity index (χ0v) is 8.46. The van der Waals surface area contributed by atoms with E-state index in [1.807, 2.05) is 11.4 Å². The zero-order chi connectivity index (χ0) is 8.27. The minimum Gasteiger partial charge on any atom is -0.370 e. The molecule has 0 spiro atoms. The van der Waals surface area contributed by atoms with Crippen molar-refractivity contribution in [2.75, 3.05) is 11.9 Å². The molecular weight excluding hydrogens is 226 g/mol. The van der Waals surface area contributed by atoms with Crippen LogP contribution in [0.25, 0.3) is 0 Å². The molecule has 1 aromatic heterocycles. The van der Waals surface area contributed by atoms with Crippen LogP contribution in [0, 0.1) is 0 Å². The molecule has 0 unspecified atom stereocenters. The summed E-state index contributed by atoms with van der Waals surface area (Å²) < 4.78 is 1.05. The normalized spacial score (nSPS) is 9.64. The first-order valence-corrected chi connectivity index (χ1v) is 4.83. The van der Waals surface area contributed by atoms with Gasteiger partial charge in [-0.05, 0) is 28.9 Å². The van der Waals surface area contributed by atoms with Gasteiger partial charge < -0.3 is 5.32 Å². The van der Waals surface area contributed by atoms with Crippen LogP contribution in [-0.2, 0) is 4.79 Å². The van der Waals surface area contributed by atoms with Gasteiger partial charge in [0.05, 0.1) is 11.5 Å². The van der Waals surface area contributed by atoms with Crippen molar-refractivity contribution in [3.8, 4) is 0 Å². The van der Waals surface area contributed by atoms with E-state index in [-0.39, 0.29) is 5.78 Å². The predicted octanol–water partition coefficient (Wildman–Crippen LogP) is 2.51. The van der Waals surface area contributed by atoms with Gasteiger partial charge in [-0.2, -0.15) is 0 Å². The largest absolute Gasteiger partial charge is 0.370 e. The fourth-order valence-corrected chi connectivity index (χ4v) is 1.94. The molecule has 60 valence electrons. The van der Waals surface area contributed by atoms with Crippen LogP contribution in [-0.4, -0.2) is 12.3 Å². The molecule has 0 bridgehead atoms. The van der Waals surface area contributed by atoms with Gasteiger partial charge in [-0.1, -0.05) is 0 Å². The Morgan fingerprint density at radius 2 is 2.55 bits per heavy atom. The molecule has 0 aromatic carbocycles. The van der Waals surface area contributed by atoms with Crippen molar-refractivity contribution in [1.29, 1.82) is 0 Å². The number of anilines is 1. The number of rotatable bonds is 3. The average molecular weight is 234 g/mol. The number of Topliss-reactive ketones (excluding diaryl/α,β-unsaturated/α-hetero) is 1. The molecule has 0 fully saturated rings. The number of hydrogen-bond acceptors (Lipinski definition) is 3. The van der Waals surface area contributed by atoms with Gasteiger partial charge in [-0.25, -0.2) is 0 Å². The fraction of sp³-hybridized carbons (Fsp3) is 0.286. The summed E-state index contributed by atoms with van der Waals surface area (Å²) in [5.74, 6) is 0.148. The summed E-state index contributed by atoms with van der Waals surface area (Å²) in [7, 11) is 0. The van der Waals surface area contributed by atoms with E-state index in [0.717, 1.165) is 9.47 Å². The Balaban J connectivity index is 2.45. The molecular formula is C7H8BrNOS. The molecule has 1 N–H and O–H groups in total. The molecule has 1 heterocycles. The number of ketones is 1. The lowest BCUT2D eigenvalue weighted by molar-refractivity contribution is -0.115. The number of carbonyl (C=O) groups excluding carboxylic acids is 1.